The van der Waals surface area contributed by atoms with Crippen LogP contribution in [-0.4, -0.2) is 38.4 Å². The topological polar surface area (TPSA) is 77.8 Å². The van der Waals surface area contributed by atoms with Gasteiger partial charge in [0.2, 0.25) is 0 Å². The van der Waals surface area contributed by atoms with Gasteiger partial charge in [-0.2, -0.15) is 0 Å². The molecule has 3 fully saturated rings. The predicted octanol–water partition coefficient (Wildman–Crippen LogP) is 4.80. The second kappa shape index (κ2) is 7.67. The predicted molar refractivity (Wildman–Crippen MR) is 122 cm³/mol. The van der Waals surface area contributed by atoms with Gasteiger partial charge in [0.15, 0.2) is 5.78 Å². The van der Waals surface area contributed by atoms with Crippen LogP contribution in [0.15, 0.2) is 11.6 Å². The van der Waals surface area contributed by atoms with Crippen molar-refractivity contribution < 1.29 is 20.1 Å². The van der Waals surface area contributed by atoms with Crippen molar-refractivity contribution >= 4 is 5.78 Å². The molecule has 4 heteroatoms. The highest BCUT2D eigenvalue weighted by Gasteiger charge is 2.66. The number of rotatable bonds is 5. The van der Waals surface area contributed by atoms with Crippen LogP contribution in [-0.2, 0) is 4.79 Å². The Morgan fingerprint density at radius 1 is 1.13 bits per heavy atom. The first kappa shape index (κ1) is 23.4. The molecule has 8 atom stereocenters. The van der Waals surface area contributed by atoms with E-state index in [0.717, 1.165) is 63.4 Å². The molecule has 4 rings (SSSR count). The molecular formula is C27H44O4. The van der Waals surface area contributed by atoms with Gasteiger partial charge in [-0.15, -0.1) is 0 Å². The van der Waals surface area contributed by atoms with Crippen molar-refractivity contribution in [3.63, 3.8) is 0 Å². The van der Waals surface area contributed by atoms with Crippen LogP contribution in [0.25, 0.3) is 0 Å². The lowest BCUT2D eigenvalue weighted by molar-refractivity contribution is -0.141. The highest BCUT2D eigenvalue weighted by Crippen LogP contribution is 2.68. The summed E-state index contributed by atoms with van der Waals surface area (Å²) in [6.45, 7) is 10.6. The van der Waals surface area contributed by atoms with Crippen molar-refractivity contribution in [2.24, 2.45) is 34.5 Å². The normalized spacial score (nSPS) is 46.1. The number of aliphatic hydroxyl groups excluding tert-OH is 1. The summed E-state index contributed by atoms with van der Waals surface area (Å²) in [5.41, 5.74) is -0.808. The van der Waals surface area contributed by atoms with Crippen LogP contribution in [0.3, 0.4) is 0 Å². The molecule has 3 N–H and O–H groups in total. The number of fused-ring (bicyclic) bond motifs is 5. The largest absolute Gasteiger partial charge is 0.393 e. The smallest absolute Gasteiger partial charge is 0.159 e. The zero-order valence-electron chi connectivity index (χ0n) is 20.3. The second-order valence-electron chi connectivity index (χ2n) is 12.7. The van der Waals surface area contributed by atoms with Crippen LogP contribution in [0.4, 0.5) is 0 Å². The van der Waals surface area contributed by atoms with Crippen LogP contribution in [0, 0.1) is 34.5 Å². The molecule has 4 aliphatic rings. The van der Waals surface area contributed by atoms with Crippen molar-refractivity contribution in [1.82, 2.24) is 0 Å². The molecule has 0 radical (unpaired) electrons. The van der Waals surface area contributed by atoms with E-state index in [4.69, 9.17) is 0 Å². The van der Waals surface area contributed by atoms with Crippen LogP contribution in [0.1, 0.15) is 98.8 Å². The van der Waals surface area contributed by atoms with E-state index < -0.39 is 11.2 Å². The molecule has 4 nitrogen and oxygen atoms in total. The van der Waals surface area contributed by atoms with Gasteiger partial charge in [-0.05, 0) is 100 Å². The summed E-state index contributed by atoms with van der Waals surface area (Å²) in [5, 5.41) is 32.5. The summed E-state index contributed by atoms with van der Waals surface area (Å²) in [5.74, 6) is 1.22. The van der Waals surface area contributed by atoms with E-state index in [2.05, 4.69) is 20.8 Å². The van der Waals surface area contributed by atoms with Gasteiger partial charge >= 0.3 is 0 Å². The summed E-state index contributed by atoms with van der Waals surface area (Å²) in [6.07, 6.45) is 10.3. The van der Waals surface area contributed by atoms with Crippen molar-refractivity contribution in [1.29, 1.82) is 0 Å². The van der Waals surface area contributed by atoms with Gasteiger partial charge in [0.25, 0.3) is 0 Å². The Morgan fingerprint density at radius 3 is 2.52 bits per heavy atom. The van der Waals surface area contributed by atoms with E-state index in [1.54, 1.807) is 0 Å². The lowest BCUT2D eigenvalue weighted by Gasteiger charge is -2.59. The number of carbonyl (C=O) groups is 1. The molecule has 8 unspecified atom stereocenters. The zero-order chi connectivity index (χ0) is 22.8. The van der Waals surface area contributed by atoms with Crippen molar-refractivity contribution in [2.75, 3.05) is 0 Å². The molecule has 0 amide bonds. The fraction of sp³-hybridized carbons (Fsp3) is 0.889. The maximum atomic E-state index is 13.2. The molecule has 3 saturated carbocycles. The van der Waals surface area contributed by atoms with E-state index in [9.17, 15) is 20.1 Å². The lowest BCUT2D eigenvalue weighted by Crippen LogP contribution is -2.59. The van der Waals surface area contributed by atoms with Crippen LogP contribution < -0.4 is 0 Å². The first-order chi connectivity index (χ1) is 14.3. The fourth-order valence-corrected chi connectivity index (χ4v) is 8.33. The maximum absolute atomic E-state index is 13.2. The number of hydrogen-bond acceptors (Lipinski definition) is 4. The fourth-order valence-electron chi connectivity index (χ4n) is 8.33. The highest BCUT2D eigenvalue weighted by atomic mass is 16.3. The molecule has 0 saturated heterocycles. The molecule has 0 bridgehead atoms. The summed E-state index contributed by atoms with van der Waals surface area (Å²) < 4.78 is 0. The van der Waals surface area contributed by atoms with Crippen molar-refractivity contribution in [2.45, 2.75) is 116 Å². The maximum Gasteiger partial charge on any atom is 0.159 e. The number of aliphatic hydroxyl groups is 3. The molecule has 0 aromatic heterocycles. The number of ketones is 1. The first-order valence-electron chi connectivity index (χ1n) is 12.7. The Balaban J connectivity index is 1.59. The van der Waals surface area contributed by atoms with E-state index in [0.29, 0.717) is 18.3 Å². The third-order valence-electron chi connectivity index (χ3n) is 10.3. The third-order valence-corrected chi connectivity index (χ3v) is 10.3. The van der Waals surface area contributed by atoms with Crippen LogP contribution in [0.2, 0.25) is 0 Å². The monoisotopic (exact) mass is 432 g/mol. The molecule has 0 aromatic carbocycles. The Morgan fingerprint density at radius 2 is 1.84 bits per heavy atom. The van der Waals surface area contributed by atoms with E-state index in [1.165, 1.54) is 0 Å². The minimum Gasteiger partial charge on any atom is -0.393 e. The van der Waals surface area contributed by atoms with E-state index in [1.807, 2.05) is 19.9 Å². The van der Waals surface area contributed by atoms with Gasteiger partial charge in [-0.1, -0.05) is 33.6 Å². The number of hydrogen-bond donors (Lipinski definition) is 3. The zero-order valence-corrected chi connectivity index (χ0v) is 20.3. The molecule has 0 aliphatic heterocycles. The molecule has 0 spiro atoms. The van der Waals surface area contributed by atoms with Crippen LogP contribution in [0.5, 0.6) is 0 Å². The molecule has 4 aliphatic carbocycles. The summed E-state index contributed by atoms with van der Waals surface area (Å²) in [4.78, 5) is 13.2. The average Bonchev–Trinajstić information content (AvgIpc) is 2.94. The summed E-state index contributed by atoms with van der Waals surface area (Å²) >= 11 is 0. The first-order valence-corrected chi connectivity index (χ1v) is 12.7. The Bertz CT molecular complexity index is 751. The van der Waals surface area contributed by atoms with Gasteiger partial charge in [0.1, 0.15) is 0 Å². The van der Waals surface area contributed by atoms with Crippen molar-refractivity contribution in [3.8, 4) is 0 Å². The molecule has 31 heavy (non-hydrogen) atoms. The highest BCUT2D eigenvalue weighted by molar-refractivity contribution is 5.95. The standard InChI is InChI=1S/C27H44O4/c1-17(7-6-11-24(2,3)30)19-10-14-27(31)21-16-23(29)22-15-18(28)8-12-25(22,4)20(21)9-13-26(19,27)5/h16-20,22,28,30-31H,6-15H2,1-5H3. The van der Waals surface area contributed by atoms with Gasteiger partial charge in [0.05, 0.1) is 17.3 Å². The van der Waals surface area contributed by atoms with Crippen molar-refractivity contribution in [3.05, 3.63) is 11.6 Å². The Labute approximate surface area is 188 Å². The minimum absolute atomic E-state index is 0.101. The average molecular weight is 433 g/mol. The SMILES string of the molecule is CC(CCCC(C)(C)O)C1CCC2(O)C3=CC(=O)C4CC(O)CCC4(C)C3CCC12C. The molecule has 176 valence electrons. The second-order valence-corrected chi connectivity index (χ2v) is 12.7. The Kier molecular flexibility index (Phi) is 5.80. The lowest BCUT2D eigenvalue weighted by atomic mass is 9.46. The Hall–Kier alpha value is -0.710. The molecular weight excluding hydrogens is 388 g/mol. The van der Waals surface area contributed by atoms with Gasteiger partial charge in [-0.3, -0.25) is 4.79 Å². The van der Waals surface area contributed by atoms with Gasteiger partial charge < -0.3 is 15.3 Å². The molecule has 0 heterocycles. The van der Waals surface area contributed by atoms with Crippen LogP contribution >= 0.6 is 0 Å². The molecule has 0 aromatic rings. The van der Waals surface area contributed by atoms with Gasteiger partial charge in [0, 0.05) is 11.3 Å². The van der Waals surface area contributed by atoms with E-state index >= 15 is 0 Å². The summed E-state index contributed by atoms with van der Waals surface area (Å²) in [6, 6.07) is 0. The quantitative estimate of drug-likeness (QED) is 0.583. The van der Waals surface area contributed by atoms with E-state index in [-0.39, 0.29) is 34.6 Å². The minimum atomic E-state index is -0.884. The van der Waals surface area contributed by atoms with Gasteiger partial charge in [-0.25, -0.2) is 0 Å². The number of carbonyl (C=O) groups excluding carboxylic acids is 1. The summed E-state index contributed by atoms with van der Waals surface area (Å²) in [7, 11) is 0. The third kappa shape index (κ3) is 3.65. The number of allylic oxidation sites excluding steroid dienone is 1.